The highest BCUT2D eigenvalue weighted by Crippen LogP contribution is 2.07. The highest BCUT2D eigenvalue weighted by molar-refractivity contribution is 7.94. The molecule has 1 aromatic rings. The van der Waals surface area contributed by atoms with Crippen LogP contribution in [0.25, 0.3) is 0 Å². The Morgan fingerprint density at radius 1 is 1.47 bits per heavy atom. The first-order chi connectivity index (χ1) is 7.06. The Hall–Kier alpha value is -1.69. The second-order valence-electron chi connectivity index (χ2n) is 2.54. The number of aromatic nitrogens is 1. The van der Waals surface area contributed by atoms with Crippen LogP contribution in [0.15, 0.2) is 40.9 Å². The Bertz CT molecular complexity index is 464. The molecule has 0 aliphatic carbocycles. The average Bonchev–Trinajstić information content (AvgIpc) is 2.27. The standard InChI is InChI=1S/C9H9NO4S/c1-14-9(11)5-7-15(12,13)8-4-2-3-6-10-8/h2-7H,1H3. The van der Waals surface area contributed by atoms with Crippen LogP contribution in [0, 0.1) is 0 Å². The van der Waals surface area contributed by atoms with Crippen molar-refractivity contribution in [2.24, 2.45) is 0 Å². The van der Waals surface area contributed by atoms with Gasteiger partial charge in [-0.2, -0.15) is 0 Å². The lowest BCUT2D eigenvalue weighted by atomic mass is 10.5. The quantitative estimate of drug-likeness (QED) is 0.556. The molecule has 0 bridgehead atoms. The maximum Gasteiger partial charge on any atom is 0.331 e. The molecule has 6 heteroatoms. The largest absolute Gasteiger partial charge is 0.466 e. The predicted molar refractivity (Wildman–Crippen MR) is 52.6 cm³/mol. The van der Waals surface area contributed by atoms with Crippen molar-refractivity contribution in [2.75, 3.05) is 7.11 Å². The van der Waals surface area contributed by atoms with Gasteiger partial charge in [-0.25, -0.2) is 18.2 Å². The summed E-state index contributed by atoms with van der Waals surface area (Å²) in [6.07, 6.45) is 2.20. The molecule has 1 heterocycles. The first-order valence-electron chi connectivity index (χ1n) is 3.98. The van der Waals surface area contributed by atoms with E-state index in [-0.39, 0.29) is 5.03 Å². The summed E-state index contributed by atoms with van der Waals surface area (Å²) in [6, 6.07) is 4.49. The number of carbonyl (C=O) groups is 1. The Labute approximate surface area is 87.3 Å². The molecule has 0 atom stereocenters. The number of hydrogen-bond acceptors (Lipinski definition) is 5. The molecule has 0 radical (unpaired) electrons. The molecule has 0 N–H and O–H groups in total. The van der Waals surface area contributed by atoms with E-state index in [2.05, 4.69) is 9.72 Å². The van der Waals surface area contributed by atoms with Crippen molar-refractivity contribution in [2.45, 2.75) is 5.03 Å². The van der Waals surface area contributed by atoms with E-state index >= 15 is 0 Å². The zero-order chi connectivity index (χ0) is 11.3. The Kier molecular flexibility index (Phi) is 3.56. The summed E-state index contributed by atoms with van der Waals surface area (Å²) in [7, 11) is -2.49. The van der Waals surface area contributed by atoms with Crippen LogP contribution in [0.2, 0.25) is 0 Å². The molecule has 1 rings (SSSR count). The summed E-state index contributed by atoms with van der Waals surface area (Å²) in [6.45, 7) is 0. The Balaban J connectivity index is 2.96. The van der Waals surface area contributed by atoms with Crippen LogP contribution >= 0.6 is 0 Å². The van der Waals surface area contributed by atoms with Crippen molar-refractivity contribution in [3.8, 4) is 0 Å². The van der Waals surface area contributed by atoms with Crippen LogP contribution in [-0.4, -0.2) is 26.5 Å². The normalized spacial score (nSPS) is 11.5. The number of rotatable bonds is 3. The van der Waals surface area contributed by atoms with Crippen LogP contribution in [0.4, 0.5) is 0 Å². The van der Waals surface area contributed by atoms with Gasteiger partial charge in [-0.15, -0.1) is 0 Å². The third-order valence-electron chi connectivity index (χ3n) is 1.51. The van der Waals surface area contributed by atoms with Gasteiger partial charge in [0.25, 0.3) is 0 Å². The molecule has 0 aromatic carbocycles. The third kappa shape index (κ3) is 3.17. The monoisotopic (exact) mass is 227 g/mol. The molecule has 80 valence electrons. The minimum Gasteiger partial charge on any atom is -0.466 e. The van der Waals surface area contributed by atoms with Gasteiger partial charge in [-0.3, -0.25) is 0 Å². The Morgan fingerprint density at radius 2 is 2.20 bits per heavy atom. The molecule has 0 saturated carbocycles. The topological polar surface area (TPSA) is 73.3 Å². The second kappa shape index (κ2) is 4.70. The summed E-state index contributed by atoms with van der Waals surface area (Å²) in [5, 5.41) is 0.659. The Morgan fingerprint density at radius 3 is 2.73 bits per heavy atom. The molecule has 0 spiro atoms. The van der Waals surface area contributed by atoms with Gasteiger partial charge in [0.1, 0.15) is 0 Å². The van der Waals surface area contributed by atoms with Gasteiger partial charge < -0.3 is 4.74 Å². The van der Waals surface area contributed by atoms with Gasteiger partial charge in [-0.1, -0.05) is 6.07 Å². The summed E-state index contributed by atoms with van der Waals surface area (Å²) >= 11 is 0. The lowest BCUT2D eigenvalue weighted by Gasteiger charge is -1.96. The van der Waals surface area contributed by atoms with Gasteiger partial charge in [-0.05, 0) is 12.1 Å². The highest BCUT2D eigenvalue weighted by Gasteiger charge is 2.11. The molecule has 0 unspecified atom stereocenters. The molecule has 0 aliphatic heterocycles. The highest BCUT2D eigenvalue weighted by atomic mass is 32.2. The van der Waals surface area contributed by atoms with Gasteiger partial charge >= 0.3 is 5.97 Å². The molecular formula is C9H9NO4S. The summed E-state index contributed by atoms with van der Waals surface area (Å²) < 4.78 is 27.3. The maximum atomic E-state index is 11.5. The smallest absolute Gasteiger partial charge is 0.331 e. The second-order valence-corrected chi connectivity index (χ2v) is 4.32. The van der Waals surface area contributed by atoms with E-state index in [0.29, 0.717) is 0 Å². The number of nitrogens with zero attached hydrogens (tertiary/aromatic N) is 1. The number of sulfone groups is 1. The molecule has 0 fully saturated rings. The van der Waals surface area contributed by atoms with Crippen molar-refractivity contribution in [1.29, 1.82) is 0 Å². The van der Waals surface area contributed by atoms with E-state index in [0.717, 1.165) is 11.5 Å². The molecule has 1 aromatic heterocycles. The van der Waals surface area contributed by atoms with Crippen molar-refractivity contribution in [3.05, 3.63) is 35.9 Å². The first-order valence-corrected chi connectivity index (χ1v) is 5.53. The van der Waals surface area contributed by atoms with Crippen LogP contribution in [0.3, 0.4) is 0 Å². The maximum absolute atomic E-state index is 11.5. The lowest BCUT2D eigenvalue weighted by Crippen LogP contribution is -2.01. The summed E-state index contributed by atoms with van der Waals surface area (Å²) in [4.78, 5) is 14.4. The number of carbonyl (C=O) groups excluding carboxylic acids is 1. The van der Waals surface area contributed by atoms with Gasteiger partial charge in [0.15, 0.2) is 5.03 Å². The van der Waals surface area contributed by atoms with Crippen LogP contribution in [-0.2, 0) is 19.4 Å². The van der Waals surface area contributed by atoms with E-state index in [1.165, 1.54) is 19.4 Å². The zero-order valence-corrected chi connectivity index (χ0v) is 8.77. The third-order valence-corrected chi connectivity index (χ3v) is 2.83. The van der Waals surface area contributed by atoms with Crippen molar-refractivity contribution < 1.29 is 17.9 Å². The van der Waals surface area contributed by atoms with Gasteiger partial charge in [0.05, 0.1) is 7.11 Å². The predicted octanol–water partition coefficient (Wildman–Crippen LogP) is 0.542. The molecule has 5 nitrogen and oxygen atoms in total. The van der Waals surface area contributed by atoms with Gasteiger partial charge in [0, 0.05) is 17.7 Å². The number of esters is 1. The fraction of sp³-hybridized carbons (Fsp3) is 0.111. The van der Waals surface area contributed by atoms with E-state index < -0.39 is 15.8 Å². The molecule has 0 aliphatic rings. The number of pyridine rings is 1. The van der Waals surface area contributed by atoms with E-state index in [4.69, 9.17) is 0 Å². The first kappa shape index (κ1) is 11.4. The van der Waals surface area contributed by atoms with Crippen molar-refractivity contribution in [3.63, 3.8) is 0 Å². The van der Waals surface area contributed by atoms with Crippen LogP contribution in [0.1, 0.15) is 0 Å². The number of ether oxygens (including phenoxy) is 1. The number of methoxy groups -OCH3 is 1. The summed E-state index contributed by atoms with van der Waals surface area (Å²) in [5.41, 5.74) is 0. The summed E-state index contributed by atoms with van der Waals surface area (Å²) in [5.74, 6) is -0.727. The minimum atomic E-state index is -3.66. The van der Waals surface area contributed by atoms with E-state index in [1.54, 1.807) is 12.1 Å². The van der Waals surface area contributed by atoms with E-state index in [9.17, 15) is 13.2 Å². The van der Waals surface area contributed by atoms with Crippen molar-refractivity contribution >= 4 is 15.8 Å². The molecular weight excluding hydrogens is 218 g/mol. The SMILES string of the molecule is COC(=O)C=CS(=O)(=O)c1ccccn1. The zero-order valence-electron chi connectivity index (χ0n) is 7.95. The van der Waals surface area contributed by atoms with Crippen LogP contribution < -0.4 is 0 Å². The molecule has 15 heavy (non-hydrogen) atoms. The van der Waals surface area contributed by atoms with Crippen molar-refractivity contribution in [1.82, 2.24) is 4.98 Å². The fourth-order valence-electron chi connectivity index (χ4n) is 0.798. The lowest BCUT2D eigenvalue weighted by molar-refractivity contribution is -0.134. The molecule has 0 amide bonds. The molecule has 0 saturated heterocycles. The minimum absolute atomic E-state index is 0.106. The number of hydrogen-bond donors (Lipinski definition) is 0. The fourth-order valence-corrected chi connectivity index (χ4v) is 1.70. The van der Waals surface area contributed by atoms with Gasteiger partial charge in [0.2, 0.25) is 9.84 Å². The average molecular weight is 227 g/mol. The van der Waals surface area contributed by atoms with Crippen LogP contribution in [0.5, 0.6) is 0 Å². The van der Waals surface area contributed by atoms with E-state index in [1.807, 2.05) is 0 Å².